The summed E-state index contributed by atoms with van der Waals surface area (Å²) in [5, 5.41) is 9.65. The molecule has 0 amide bonds. The number of ketones is 2. The molecule has 138 valence electrons. The number of benzene rings is 2. The monoisotopic (exact) mass is 362 g/mol. The van der Waals surface area contributed by atoms with Gasteiger partial charge in [-0.25, -0.2) is 0 Å². The highest BCUT2D eigenvalue weighted by Crippen LogP contribution is 2.48. The van der Waals surface area contributed by atoms with E-state index in [9.17, 15) is 14.7 Å². The Balaban J connectivity index is 1.47. The van der Waals surface area contributed by atoms with Crippen molar-refractivity contribution in [1.29, 1.82) is 0 Å². The number of hydrogen-bond acceptors (Lipinski definition) is 4. The van der Waals surface area contributed by atoms with E-state index >= 15 is 0 Å². The smallest absolute Gasteiger partial charge is 0.219 e. The molecule has 5 rings (SSSR count). The third-order valence-corrected chi connectivity index (χ3v) is 6.57. The SMILES string of the molecule is CO[C@H](O)C(=O)c1ccc2c(c1)C[C@]1(C2)Cc2cc3c(cc2C1=O)CCC3. The molecule has 0 unspecified atom stereocenters. The highest BCUT2D eigenvalue weighted by Gasteiger charge is 2.49. The van der Waals surface area contributed by atoms with Gasteiger partial charge in [-0.2, -0.15) is 0 Å². The number of fused-ring (bicyclic) bond motifs is 3. The molecule has 3 aliphatic rings. The maximum atomic E-state index is 13.3. The number of hydrogen-bond donors (Lipinski definition) is 1. The standard InChI is InChI=1S/C23H22O4/c1-27-22(26)20(24)15-5-6-16-10-23(11-17(16)8-15)12-18-7-13-3-2-4-14(13)9-19(18)21(23)25/h5-9,22,26H,2-4,10-12H2,1H3/t22-,23+/m0/s1. The Morgan fingerprint density at radius 3 is 2.48 bits per heavy atom. The average Bonchev–Trinajstić information content (AvgIpc) is 3.34. The van der Waals surface area contributed by atoms with Crippen LogP contribution >= 0.6 is 0 Å². The van der Waals surface area contributed by atoms with Gasteiger partial charge in [0, 0.05) is 23.7 Å². The number of aliphatic hydroxyl groups excluding tert-OH is 1. The van der Waals surface area contributed by atoms with Gasteiger partial charge in [-0.3, -0.25) is 9.59 Å². The second-order valence-electron chi connectivity index (χ2n) is 8.21. The molecule has 0 fully saturated rings. The van der Waals surface area contributed by atoms with Crippen molar-refractivity contribution in [3.05, 3.63) is 69.3 Å². The van der Waals surface area contributed by atoms with Crippen LogP contribution < -0.4 is 0 Å². The lowest BCUT2D eigenvalue weighted by molar-refractivity contribution is -0.0483. The number of rotatable bonds is 3. The molecule has 0 aliphatic heterocycles. The summed E-state index contributed by atoms with van der Waals surface area (Å²) in [5.74, 6) is -0.188. The van der Waals surface area contributed by atoms with Crippen molar-refractivity contribution < 1.29 is 19.4 Å². The van der Waals surface area contributed by atoms with E-state index in [1.807, 2.05) is 12.1 Å². The summed E-state index contributed by atoms with van der Waals surface area (Å²) in [5.41, 5.74) is 7.06. The van der Waals surface area contributed by atoms with Crippen molar-refractivity contribution in [2.24, 2.45) is 5.41 Å². The highest BCUT2D eigenvalue weighted by atomic mass is 16.6. The van der Waals surface area contributed by atoms with Crippen LogP contribution in [-0.4, -0.2) is 30.1 Å². The van der Waals surface area contributed by atoms with E-state index in [2.05, 4.69) is 12.1 Å². The van der Waals surface area contributed by atoms with Crippen molar-refractivity contribution in [2.45, 2.75) is 44.8 Å². The zero-order valence-corrected chi connectivity index (χ0v) is 15.4. The molecule has 2 aromatic rings. The Morgan fingerprint density at radius 1 is 1.00 bits per heavy atom. The van der Waals surface area contributed by atoms with Crippen LogP contribution in [0, 0.1) is 5.41 Å². The number of carbonyl (C=O) groups excluding carboxylic acids is 2. The van der Waals surface area contributed by atoms with Crippen molar-refractivity contribution in [1.82, 2.24) is 0 Å². The fourth-order valence-corrected chi connectivity index (χ4v) is 5.21. The fourth-order valence-electron chi connectivity index (χ4n) is 5.21. The van der Waals surface area contributed by atoms with Crippen LogP contribution in [0.1, 0.15) is 55.0 Å². The molecule has 27 heavy (non-hydrogen) atoms. The number of aryl methyl sites for hydroxylation is 2. The van der Waals surface area contributed by atoms with E-state index in [1.165, 1.54) is 30.2 Å². The molecular formula is C23H22O4. The van der Waals surface area contributed by atoms with Gasteiger partial charge < -0.3 is 9.84 Å². The minimum Gasteiger partial charge on any atom is -0.362 e. The zero-order chi connectivity index (χ0) is 18.8. The Hall–Kier alpha value is -2.30. The first kappa shape index (κ1) is 16.8. The van der Waals surface area contributed by atoms with Gasteiger partial charge in [0.15, 0.2) is 5.78 Å². The van der Waals surface area contributed by atoms with Gasteiger partial charge in [-0.1, -0.05) is 18.2 Å². The molecule has 2 aromatic carbocycles. The van der Waals surface area contributed by atoms with Crippen molar-refractivity contribution in [3.63, 3.8) is 0 Å². The average molecular weight is 362 g/mol. The molecule has 4 heteroatoms. The molecule has 0 saturated heterocycles. The van der Waals surface area contributed by atoms with Crippen LogP contribution in [0.2, 0.25) is 0 Å². The summed E-state index contributed by atoms with van der Waals surface area (Å²) in [6.07, 6.45) is 4.11. The Bertz CT molecular complexity index is 990. The van der Waals surface area contributed by atoms with Crippen molar-refractivity contribution in [3.8, 4) is 0 Å². The normalized spacial score (nSPS) is 23.4. The van der Waals surface area contributed by atoms with Crippen molar-refractivity contribution in [2.75, 3.05) is 7.11 Å². The molecule has 0 radical (unpaired) electrons. The molecule has 1 N–H and O–H groups in total. The summed E-state index contributed by atoms with van der Waals surface area (Å²) in [6, 6.07) is 9.88. The fraction of sp³-hybridized carbons (Fsp3) is 0.391. The predicted octanol–water partition coefficient (Wildman–Crippen LogP) is 2.85. The molecule has 0 heterocycles. The number of methoxy groups -OCH3 is 1. The largest absolute Gasteiger partial charge is 0.362 e. The lowest BCUT2D eigenvalue weighted by Crippen LogP contribution is -2.28. The van der Waals surface area contributed by atoms with Crippen LogP contribution in [0.4, 0.5) is 0 Å². The third kappa shape index (κ3) is 2.43. The van der Waals surface area contributed by atoms with Gasteiger partial charge in [0.2, 0.25) is 12.1 Å². The molecule has 0 aromatic heterocycles. The summed E-state index contributed by atoms with van der Waals surface area (Å²) in [4.78, 5) is 25.5. The number of ether oxygens (including phenoxy) is 1. The molecule has 2 atom stereocenters. The Kier molecular flexibility index (Phi) is 3.65. The van der Waals surface area contributed by atoms with E-state index in [4.69, 9.17) is 4.74 Å². The first-order chi connectivity index (χ1) is 13.0. The van der Waals surface area contributed by atoms with Gasteiger partial charge in [-0.15, -0.1) is 0 Å². The number of carbonyl (C=O) groups is 2. The summed E-state index contributed by atoms with van der Waals surface area (Å²) in [7, 11) is 1.30. The van der Waals surface area contributed by atoms with E-state index in [0.29, 0.717) is 12.0 Å². The number of Topliss-reactive ketones (excluding diaryl/α,β-unsaturated/α-hetero) is 2. The first-order valence-electron chi connectivity index (χ1n) is 9.57. The Labute approximate surface area is 158 Å². The van der Waals surface area contributed by atoms with Gasteiger partial charge >= 0.3 is 0 Å². The van der Waals surface area contributed by atoms with Crippen LogP contribution in [0.25, 0.3) is 0 Å². The maximum absolute atomic E-state index is 13.3. The maximum Gasteiger partial charge on any atom is 0.219 e. The number of aliphatic hydroxyl groups is 1. The van der Waals surface area contributed by atoms with Crippen molar-refractivity contribution >= 4 is 11.6 Å². The zero-order valence-electron chi connectivity index (χ0n) is 15.4. The second kappa shape index (κ2) is 5.85. The van der Waals surface area contributed by atoms with E-state index < -0.39 is 17.5 Å². The summed E-state index contributed by atoms with van der Waals surface area (Å²) >= 11 is 0. The van der Waals surface area contributed by atoms with Gasteiger partial charge in [0.05, 0.1) is 0 Å². The van der Waals surface area contributed by atoms with Crippen LogP contribution in [0.3, 0.4) is 0 Å². The summed E-state index contributed by atoms with van der Waals surface area (Å²) in [6.45, 7) is 0. The van der Waals surface area contributed by atoms with Gasteiger partial charge in [0.1, 0.15) is 0 Å². The second-order valence-corrected chi connectivity index (χ2v) is 8.21. The van der Waals surface area contributed by atoms with E-state index in [0.717, 1.165) is 42.4 Å². The topological polar surface area (TPSA) is 63.6 Å². The van der Waals surface area contributed by atoms with Gasteiger partial charge in [0.25, 0.3) is 0 Å². The highest BCUT2D eigenvalue weighted by molar-refractivity contribution is 6.06. The molecule has 0 saturated carbocycles. The summed E-state index contributed by atoms with van der Waals surface area (Å²) < 4.78 is 4.73. The van der Waals surface area contributed by atoms with Crippen LogP contribution in [0.5, 0.6) is 0 Å². The third-order valence-electron chi connectivity index (χ3n) is 6.57. The minimum atomic E-state index is -1.45. The molecule has 1 spiro atoms. The lowest BCUT2D eigenvalue weighted by atomic mass is 9.81. The van der Waals surface area contributed by atoms with E-state index in [1.54, 1.807) is 6.07 Å². The first-order valence-corrected chi connectivity index (χ1v) is 9.57. The Morgan fingerprint density at radius 2 is 1.70 bits per heavy atom. The minimum absolute atomic E-state index is 0.258. The molecule has 0 bridgehead atoms. The van der Waals surface area contributed by atoms with E-state index in [-0.39, 0.29) is 5.78 Å². The van der Waals surface area contributed by atoms with Gasteiger partial charge in [-0.05, 0) is 78.5 Å². The van der Waals surface area contributed by atoms with Crippen LogP contribution in [-0.2, 0) is 36.8 Å². The molecule has 4 nitrogen and oxygen atoms in total. The lowest BCUT2D eigenvalue weighted by Gasteiger charge is -2.20. The molecule has 3 aliphatic carbocycles. The predicted molar refractivity (Wildman–Crippen MR) is 100 cm³/mol. The molecular weight excluding hydrogens is 340 g/mol. The quantitative estimate of drug-likeness (QED) is 0.674. The van der Waals surface area contributed by atoms with Crippen LogP contribution in [0.15, 0.2) is 30.3 Å².